The molecule has 0 saturated carbocycles. The number of halogens is 3. The third-order valence-electron chi connectivity index (χ3n) is 2.23. The van der Waals surface area contributed by atoms with Gasteiger partial charge in [-0.1, -0.05) is 11.6 Å². The van der Waals surface area contributed by atoms with E-state index in [0.717, 1.165) is 10.0 Å². The molecule has 0 aliphatic heterocycles. The van der Waals surface area contributed by atoms with Crippen molar-refractivity contribution in [2.45, 2.75) is 6.92 Å². The van der Waals surface area contributed by atoms with E-state index in [1.807, 2.05) is 13.0 Å². The Morgan fingerprint density at radius 3 is 2.82 bits per heavy atom. The third kappa shape index (κ3) is 2.96. The highest BCUT2D eigenvalue weighted by molar-refractivity contribution is 9.10. The van der Waals surface area contributed by atoms with Crippen LogP contribution in [0.1, 0.15) is 5.56 Å². The number of hydrogen-bond donors (Lipinski definition) is 1. The summed E-state index contributed by atoms with van der Waals surface area (Å²) in [6.45, 7) is 1.91. The maximum atomic E-state index is 13.1. The van der Waals surface area contributed by atoms with E-state index >= 15 is 0 Å². The van der Waals surface area contributed by atoms with Crippen molar-refractivity contribution in [2.24, 2.45) is 0 Å². The van der Waals surface area contributed by atoms with Crippen molar-refractivity contribution in [2.75, 3.05) is 5.32 Å². The Balaban J connectivity index is 2.34. The first-order valence-electron chi connectivity index (χ1n) is 4.90. The van der Waals surface area contributed by atoms with Crippen LogP contribution in [0.4, 0.5) is 15.9 Å². The molecule has 0 radical (unpaired) electrons. The molecule has 0 spiro atoms. The molecule has 0 amide bonds. The first kappa shape index (κ1) is 12.3. The van der Waals surface area contributed by atoms with Gasteiger partial charge >= 0.3 is 0 Å². The molecule has 0 atom stereocenters. The Hall–Kier alpha value is -1.13. The first-order chi connectivity index (χ1) is 8.06. The number of anilines is 2. The zero-order valence-corrected chi connectivity index (χ0v) is 11.3. The summed E-state index contributed by atoms with van der Waals surface area (Å²) in [6.07, 6.45) is 1.67. The highest BCUT2D eigenvalue weighted by Crippen LogP contribution is 2.27. The minimum Gasteiger partial charge on any atom is -0.339 e. The van der Waals surface area contributed by atoms with E-state index < -0.39 is 0 Å². The second-order valence-electron chi connectivity index (χ2n) is 3.57. The Kier molecular flexibility index (Phi) is 3.64. The van der Waals surface area contributed by atoms with Crippen LogP contribution in [0.3, 0.4) is 0 Å². The molecule has 88 valence electrons. The summed E-state index contributed by atoms with van der Waals surface area (Å²) < 4.78 is 14.0. The lowest BCUT2D eigenvalue weighted by molar-refractivity contribution is 0.628. The number of nitrogens with zero attached hydrogens (tertiary/aromatic N) is 1. The van der Waals surface area contributed by atoms with E-state index in [9.17, 15) is 4.39 Å². The van der Waals surface area contributed by atoms with E-state index in [2.05, 4.69) is 26.2 Å². The average molecular weight is 316 g/mol. The highest BCUT2D eigenvalue weighted by Gasteiger charge is 2.05. The Bertz CT molecular complexity index is 560. The van der Waals surface area contributed by atoms with Crippen molar-refractivity contribution in [1.82, 2.24) is 4.98 Å². The van der Waals surface area contributed by atoms with Gasteiger partial charge in [-0.3, -0.25) is 0 Å². The van der Waals surface area contributed by atoms with Gasteiger partial charge in [0.2, 0.25) is 0 Å². The Morgan fingerprint density at radius 2 is 2.12 bits per heavy atom. The molecule has 0 fully saturated rings. The number of nitrogens with one attached hydrogen (secondary N) is 1. The predicted molar refractivity (Wildman–Crippen MR) is 71.4 cm³/mol. The van der Waals surface area contributed by atoms with E-state index in [-0.39, 0.29) is 5.82 Å². The highest BCUT2D eigenvalue weighted by atomic mass is 79.9. The fraction of sp³-hybridized carbons (Fsp3) is 0.0833. The molecule has 5 heteroatoms. The molecule has 0 saturated heterocycles. The van der Waals surface area contributed by atoms with Crippen LogP contribution in [0.25, 0.3) is 0 Å². The summed E-state index contributed by atoms with van der Waals surface area (Å²) in [7, 11) is 0. The minimum atomic E-state index is -0.341. The van der Waals surface area contributed by atoms with Gasteiger partial charge in [-0.15, -0.1) is 0 Å². The number of rotatable bonds is 2. The van der Waals surface area contributed by atoms with Crippen LogP contribution in [0.15, 0.2) is 34.9 Å². The maximum absolute atomic E-state index is 13.1. The van der Waals surface area contributed by atoms with Crippen LogP contribution >= 0.6 is 27.5 Å². The smallest absolute Gasteiger partial charge is 0.133 e. The fourth-order valence-electron chi connectivity index (χ4n) is 1.39. The average Bonchev–Trinajstić information content (AvgIpc) is 2.27. The third-order valence-corrected chi connectivity index (χ3v) is 2.99. The molecule has 0 aliphatic rings. The van der Waals surface area contributed by atoms with E-state index in [0.29, 0.717) is 16.5 Å². The van der Waals surface area contributed by atoms with Gasteiger partial charge in [-0.25, -0.2) is 9.37 Å². The Labute approximate surface area is 112 Å². The second-order valence-corrected chi connectivity index (χ2v) is 4.89. The summed E-state index contributed by atoms with van der Waals surface area (Å²) >= 11 is 9.29. The molecule has 1 aromatic carbocycles. The van der Waals surface area contributed by atoms with Crippen LogP contribution in [-0.2, 0) is 0 Å². The molecule has 1 aromatic heterocycles. The molecule has 1 heterocycles. The molecule has 17 heavy (non-hydrogen) atoms. The van der Waals surface area contributed by atoms with Crippen LogP contribution in [0.5, 0.6) is 0 Å². The van der Waals surface area contributed by atoms with Gasteiger partial charge in [0.15, 0.2) is 0 Å². The summed E-state index contributed by atoms with van der Waals surface area (Å²) in [4.78, 5) is 4.20. The van der Waals surface area contributed by atoms with E-state index in [1.54, 1.807) is 6.20 Å². The summed E-state index contributed by atoms with van der Waals surface area (Å²) in [5.74, 6) is 0.312. The maximum Gasteiger partial charge on any atom is 0.133 e. The molecule has 0 unspecified atom stereocenters. The molecule has 0 aliphatic carbocycles. The van der Waals surface area contributed by atoms with Crippen molar-refractivity contribution < 1.29 is 4.39 Å². The number of aryl methyl sites for hydroxylation is 1. The Morgan fingerprint density at radius 1 is 1.35 bits per heavy atom. The molecule has 1 N–H and O–H groups in total. The van der Waals surface area contributed by atoms with Gasteiger partial charge in [0.05, 0.1) is 10.7 Å². The van der Waals surface area contributed by atoms with Gasteiger partial charge in [-0.05, 0) is 52.7 Å². The quantitative estimate of drug-likeness (QED) is 0.869. The number of aromatic nitrogens is 1. The van der Waals surface area contributed by atoms with Crippen LogP contribution in [0, 0.1) is 12.7 Å². The molecule has 2 rings (SSSR count). The zero-order chi connectivity index (χ0) is 12.4. The van der Waals surface area contributed by atoms with Crippen molar-refractivity contribution in [3.63, 3.8) is 0 Å². The van der Waals surface area contributed by atoms with Crippen LogP contribution in [0.2, 0.25) is 5.02 Å². The first-order valence-corrected chi connectivity index (χ1v) is 6.07. The molecular formula is C12H9BrClFN2. The normalized spacial score (nSPS) is 10.4. The predicted octanol–water partition coefficient (Wildman–Crippen LogP) is 4.69. The number of hydrogen-bond acceptors (Lipinski definition) is 2. The van der Waals surface area contributed by atoms with Crippen LogP contribution < -0.4 is 5.32 Å². The van der Waals surface area contributed by atoms with Gasteiger partial charge in [0.25, 0.3) is 0 Å². The number of pyridine rings is 1. The summed E-state index contributed by atoms with van der Waals surface area (Å²) in [6, 6.07) is 6.08. The van der Waals surface area contributed by atoms with Crippen molar-refractivity contribution in [1.29, 1.82) is 0 Å². The van der Waals surface area contributed by atoms with Crippen molar-refractivity contribution in [3.05, 3.63) is 51.3 Å². The lowest BCUT2D eigenvalue weighted by atomic mass is 10.2. The monoisotopic (exact) mass is 314 g/mol. The van der Waals surface area contributed by atoms with Crippen molar-refractivity contribution >= 4 is 39.0 Å². The van der Waals surface area contributed by atoms with E-state index in [1.165, 1.54) is 18.2 Å². The standard InChI is InChI=1S/C12H9BrClFN2/c1-7-4-8(13)6-16-12(7)17-11-5-9(15)2-3-10(11)14/h2-6H,1H3,(H,16,17). The lowest BCUT2D eigenvalue weighted by Crippen LogP contribution is -1.97. The second kappa shape index (κ2) is 5.02. The molecule has 0 bridgehead atoms. The van der Waals surface area contributed by atoms with Gasteiger partial charge in [-0.2, -0.15) is 0 Å². The van der Waals surface area contributed by atoms with Crippen molar-refractivity contribution in [3.8, 4) is 0 Å². The van der Waals surface area contributed by atoms with Crippen LogP contribution in [-0.4, -0.2) is 4.98 Å². The minimum absolute atomic E-state index is 0.341. The summed E-state index contributed by atoms with van der Waals surface area (Å²) in [5.41, 5.74) is 1.45. The summed E-state index contributed by atoms with van der Waals surface area (Å²) in [5, 5.41) is 3.46. The van der Waals surface area contributed by atoms with Gasteiger partial charge in [0, 0.05) is 10.7 Å². The molecule has 2 aromatic rings. The SMILES string of the molecule is Cc1cc(Br)cnc1Nc1cc(F)ccc1Cl. The molecular weight excluding hydrogens is 307 g/mol. The lowest BCUT2D eigenvalue weighted by Gasteiger charge is -2.10. The van der Waals surface area contributed by atoms with Gasteiger partial charge in [0.1, 0.15) is 11.6 Å². The van der Waals surface area contributed by atoms with E-state index in [4.69, 9.17) is 11.6 Å². The topological polar surface area (TPSA) is 24.9 Å². The number of benzene rings is 1. The molecule has 2 nitrogen and oxygen atoms in total. The zero-order valence-electron chi connectivity index (χ0n) is 8.97. The largest absolute Gasteiger partial charge is 0.339 e. The fourth-order valence-corrected chi connectivity index (χ4v) is 2.00. The van der Waals surface area contributed by atoms with Gasteiger partial charge < -0.3 is 5.32 Å².